The van der Waals surface area contributed by atoms with Crippen molar-refractivity contribution < 1.29 is 23.1 Å². The second-order valence-corrected chi connectivity index (χ2v) is 12.2. The third-order valence-electron chi connectivity index (χ3n) is 6.57. The van der Waals surface area contributed by atoms with Crippen LogP contribution in [0.5, 0.6) is 0 Å². The number of nitrogens with two attached hydrogens (primary N) is 2. The van der Waals surface area contributed by atoms with Crippen molar-refractivity contribution in [2.45, 2.75) is 36.5 Å². The van der Waals surface area contributed by atoms with Crippen molar-refractivity contribution in [3.05, 3.63) is 64.5 Å². The Labute approximate surface area is 242 Å². The van der Waals surface area contributed by atoms with Crippen LogP contribution in [-0.2, 0) is 14.8 Å². The van der Waals surface area contributed by atoms with E-state index >= 15 is 0 Å². The molecule has 2 heterocycles. The van der Waals surface area contributed by atoms with Crippen LogP contribution in [0.15, 0.2) is 69.6 Å². The number of benzene rings is 1. The van der Waals surface area contributed by atoms with Gasteiger partial charge in [-0.3, -0.25) is 19.8 Å². The smallest absolute Gasteiger partial charge is 0.326 e. The van der Waals surface area contributed by atoms with Crippen LogP contribution in [0.25, 0.3) is 0 Å². The van der Waals surface area contributed by atoms with Crippen molar-refractivity contribution in [2.24, 2.45) is 22.5 Å². The molecule has 0 saturated heterocycles. The number of fused-ring (bicyclic) bond motifs is 1. The van der Waals surface area contributed by atoms with E-state index in [1.54, 1.807) is 17.5 Å². The Morgan fingerprint density at radius 3 is 2.83 bits per heavy atom. The molecule has 0 fully saturated rings. The highest BCUT2D eigenvalue weighted by molar-refractivity contribution is 7.92. The first-order valence-corrected chi connectivity index (χ1v) is 15.3. The van der Waals surface area contributed by atoms with Gasteiger partial charge < -0.3 is 27.2 Å². The number of hydrogen-bond acceptors (Lipinski definition) is 11. The molecule has 2 atom stereocenters. The molecule has 1 aromatic heterocycles. The number of amides is 1. The number of nitrogens with one attached hydrogen (secondary N) is 4. The van der Waals surface area contributed by atoms with Crippen LogP contribution >= 0.6 is 11.3 Å². The lowest BCUT2D eigenvalue weighted by Crippen LogP contribution is -2.46. The maximum atomic E-state index is 13.2. The molecular weight excluding hydrogens is 568 g/mol. The van der Waals surface area contributed by atoms with Crippen LogP contribution < -0.4 is 32.1 Å². The van der Waals surface area contributed by atoms with Crippen molar-refractivity contribution in [1.29, 1.82) is 0 Å². The Morgan fingerprint density at radius 2 is 2.07 bits per heavy atom. The number of aliphatic carboxylic acids is 1. The highest BCUT2D eigenvalue weighted by Gasteiger charge is 2.30. The van der Waals surface area contributed by atoms with Gasteiger partial charge in [0.05, 0.1) is 22.8 Å². The van der Waals surface area contributed by atoms with Crippen molar-refractivity contribution in [3.8, 4) is 0 Å². The van der Waals surface area contributed by atoms with E-state index in [4.69, 9.17) is 11.5 Å². The van der Waals surface area contributed by atoms with Gasteiger partial charge in [-0.2, -0.15) is 5.10 Å². The molecule has 1 aromatic carbocycles. The fourth-order valence-electron chi connectivity index (χ4n) is 4.53. The summed E-state index contributed by atoms with van der Waals surface area (Å²) in [7, 11) is -2.16. The number of hydrazone groups is 1. The zero-order valence-corrected chi connectivity index (χ0v) is 24.0. The molecule has 9 N–H and O–H groups in total. The van der Waals surface area contributed by atoms with Gasteiger partial charge in [0.2, 0.25) is 0 Å². The number of thiophene rings is 1. The first kappa shape index (κ1) is 30.2. The number of sulfonamides is 1. The SMILES string of the molecule is CN1N=C(CNc2cccc(S(=O)(=O)Nc3ccsc3C(=O)N[C@@H](CCCNC(N)N)C(=O)O)c2)C2CC=CC=C21. The first-order chi connectivity index (χ1) is 19.5. The quantitative estimate of drug-likeness (QED) is 0.122. The fourth-order valence-corrected chi connectivity index (χ4v) is 6.46. The Bertz CT molecular complexity index is 1470. The number of anilines is 2. The average molecular weight is 603 g/mol. The van der Waals surface area contributed by atoms with Crippen molar-refractivity contribution in [3.63, 3.8) is 0 Å². The number of carboxylic acids is 1. The van der Waals surface area contributed by atoms with Crippen LogP contribution in [0.3, 0.4) is 0 Å². The molecule has 4 rings (SSSR count). The summed E-state index contributed by atoms with van der Waals surface area (Å²) in [4.78, 5) is 24.6. The highest BCUT2D eigenvalue weighted by atomic mass is 32.2. The Morgan fingerprint density at radius 1 is 1.27 bits per heavy atom. The number of nitrogens with zero attached hydrogens (tertiary/aromatic N) is 2. The largest absolute Gasteiger partial charge is 0.480 e. The Hall–Kier alpha value is -3.76. The van der Waals surface area contributed by atoms with Crippen molar-refractivity contribution in [2.75, 3.05) is 30.2 Å². The summed E-state index contributed by atoms with van der Waals surface area (Å²) >= 11 is 0.998. The molecule has 0 radical (unpaired) electrons. The van der Waals surface area contributed by atoms with Crippen LogP contribution in [0.2, 0.25) is 0 Å². The van der Waals surface area contributed by atoms with Gasteiger partial charge in [0.25, 0.3) is 15.9 Å². The van der Waals surface area contributed by atoms with Crippen LogP contribution in [-0.4, -0.2) is 68.6 Å². The normalized spacial score (nSPS) is 17.1. The molecule has 1 amide bonds. The molecule has 0 bridgehead atoms. The number of carbonyl (C=O) groups is 2. The van der Waals surface area contributed by atoms with E-state index < -0.39 is 34.2 Å². The van der Waals surface area contributed by atoms with Crippen molar-refractivity contribution >= 4 is 50.3 Å². The van der Waals surface area contributed by atoms with Gasteiger partial charge in [-0.05, 0) is 61.5 Å². The maximum Gasteiger partial charge on any atom is 0.326 e. The lowest BCUT2D eigenvalue weighted by Gasteiger charge is -2.18. The predicted molar refractivity (Wildman–Crippen MR) is 159 cm³/mol. The topological polar surface area (TPSA) is 204 Å². The predicted octanol–water partition coefficient (Wildman–Crippen LogP) is 1.48. The van der Waals surface area contributed by atoms with Gasteiger partial charge in [-0.1, -0.05) is 18.2 Å². The first-order valence-electron chi connectivity index (χ1n) is 13.0. The molecule has 2 aliphatic rings. The molecule has 1 unspecified atom stereocenters. The zero-order valence-electron chi connectivity index (χ0n) is 22.4. The molecule has 0 saturated carbocycles. The molecule has 0 spiro atoms. The summed E-state index contributed by atoms with van der Waals surface area (Å²) in [5.41, 5.74) is 13.6. The molecule has 220 valence electrons. The van der Waals surface area contributed by atoms with Gasteiger partial charge in [-0.25, -0.2) is 13.2 Å². The summed E-state index contributed by atoms with van der Waals surface area (Å²) in [6.07, 6.45) is 6.82. The molecule has 1 aliphatic heterocycles. The molecule has 15 heteroatoms. The van der Waals surface area contributed by atoms with Gasteiger partial charge in [-0.15, -0.1) is 11.3 Å². The summed E-state index contributed by atoms with van der Waals surface area (Å²) in [5, 5.41) is 26.0. The lowest BCUT2D eigenvalue weighted by molar-refractivity contribution is -0.139. The average Bonchev–Trinajstić information content (AvgIpc) is 3.52. The number of hydrogen-bond donors (Lipinski definition) is 7. The van der Waals surface area contributed by atoms with Gasteiger partial charge >= 0.3 is 5.97 Å². The lowest BCUT2D eigenvalue weighted by atomic mass is 9.93. The van der Waals surface area contributed by atoms with Crippen LogP contribution in [0.4, 0.5) is 11.4 Å². The summed E-state index contributed by atoms with van der Waals surface area (Å²) in [5.74, 6) is -1.71. The van der Waals surface area contributed by atoms with Gasteiger partial charge in [0.15, 0.2) is 0 Å². The van der Waals surface area contributed by atoms with E-state index in [0.29, 0.717) is 25.2 Å². The van der Waals surface area contributed by atoms with Crippen LogP contribution in [0, 0.1) is 5.92 Å². The Balaban J connectivity index is 1.39. The summed E-state index contributed by atoms with van der Waals surface area (Å²) in [6.45, 7) is 0.822. The Kier molecular flexibility index (Phi) is 9.77. The van der Waals surface area contributed by atoms with E-state index in [0.717, 1.165) is 29.2 Å². The summed E-state index contributed by atoms with van der Waals surface area (Å²) < 4.78 is 29.0. The number of rotatable bonds is 14. The van der Waals surface area contributed by atoms with E-state index in [-0.39, 0.29) is 27.8 Å². The second kappa shape index (κ2) is 13.3. The third-order valence-corrected chi connectivity index (χ3v) is 8.85. The molecule has 41 heavy (non-hydrogen) atoms. The molecule has 2 aromatic rings. The molecule has 13 nitrogen and oxygen atoms in total. The highest BCUT2D eigenvalue weighted by Crippen LogP contribution is 2.31. The monoisotopic (exact) mass is 602 g/mol. The van der Waals surface area contributed by atoms with Gasteiger partial charge in [0.1, 0.15) is 17.2 Å². The number of carbonyl (C=O) groups excluding carboxylic acids is 1. The van der Waals surface area contributed by atoms with E-state index in [1.165, 1.54) is 18.2 Å². The summed E-state index contributed by atoms with van der Waals surface area (Å²) in [6, 6.07) is 6.64. The number of carboxylic acid groups (broad SMARTS) is 1. The number of allylic oxidation sites excluding steroid dienone is 4. The van der Waals surface area contributed by atoms with Crippen LogP contribution in [0.1, 0.15) is 28.9 Å². The van der Waals surface area contributed by atoms with Gasteiger partial charge in [0, 0.05) is 24.4 Å². The minimum atomic E-state index is -4.07. The third kappa shape index (κ3) is 7.71. The minimum Gasteiger partial charge on any atom is -0.480 e. The van der Waals surface area contributed by atoms with Crippen molar-refractivity contribution in [1.82, 2.24) is 15.6 Å². The second-order valence-electron chi connectivity index (χ2n) is 9.56. The molecule has 1 aliphatic carbocycles. The molecular formula is C26H34N8O5S2. The standard InChI is InChI=1S/C26H34N8O5S2/c1-34-22-10-3-2-8-18(22)21(32-34)15-30-16-6-4-7-17(14-16)41(38,39)33-19-11-13-40-23(19)24(35)31-20(25(36)37)9-5-12-29-26(27)28/h2-4,6-7,10-11,13-14,18,20,26,29-30,33H,5,8-9,12,15,27-28H2,1H3,(H,31,35)(H,36,37)/t18?,20-/m0/s1. The maximum absolute atomic E-state index is 13.2. The zero-order chi connectivity index (χ0) is 29.6. The van der Waals surface area contributed by atoms with E-state index in [2.05, 4.69) is 31.8 Å². The van der Waals surface area contributed by atoms with E-state index in [1.807, 2.05) is 24.2 Å². The minimum absolute atomic E-state index is 0.000690. The fraction of sp³-hybridized carbons (Fsp3) is 0.346. The van der Waals surface area contributed by atoms with E-state index in [9.17, 15) is 23.1 Å².